The standard InChI is InChI=1S/C24H22F3NO6S2/c1-33-21-13-16(23(30)28-17-5-10-20(29)22(14-17)36(2,31)32)4-3-15(21)11-12-35-19-8-6-18(7-9-19)34-24(25,26)27/h3-10,13-14,29H,11-12H2,1-2H3,(H,28,30). The van der Waals surface area contributed by atoms with Crippen LogP contribution in [-0.2, 0) is 16.3 Å². The summed E-state index contributed by atoms with van der Waals surface area (Å²) in [6, 6.07) is 14.2. The number of thioether (sulfide) groups is 1. The second-order valence-corrected chi connectivity index (χ2v) is 10.7. The summed E-state index contributed by atoms with van der Waals surface area (Å²) in [5.74, 6) is -0.129. The highest BCUT2D eigenvalue weighted by Crippen LogP contribution is 2.29. The van der Waals surface area contributed by atoms with Crippen LogP contribution in [0.3, 0.4) is 0 Å². The Morgan fingerprint density at radius 3 is 2.36 bits per heavy atom. The third-order valence-corrected chi connectivity index (χ3v) is 7.00. The van der Waals surface area contributed by atoms with Gasteiger partial charge in [0, 0.05) is 28.2 Å². The summed E-state index contributed by atoms with van der Waals surface area (Å²) in [4.78, 5) is 13.2. The number of hydrogen-bond acceptors (Lipinski definition) is 7. The van der Waals surface area contributed by atoms with Crippen molar-refractivity contribution in [2.45, 2.75) is 22.6 Å². The lowest BCUT2D eigenvalue weighted by molar-refractivity contribution is -0.274. The summed E-state index contributed by atoms with van der Waals surface area (Å²) >= 11 is 1.44. The van der Waals surface area contributed by atoms with Gasteiger partial charge in [-0.3, -0.25) is 4.79 Å². The van der Waals surface area contributed by atoms with Crippen LogP contribution in [0.4, 0.5) is 18.9 Å². The zero-order valence-corrected chi connectivity index (χ0v) is 20.8. The van der Waals surface area contributed by atoms with Crippen LogP contribution in [0.5, 0.6) is 17.2 Å². The molecule has 0 saturated carbocycles. The minimum atomic E-state index is -4.74. The number of amides is 1. The zero-order chi connectivity index (χ0) is 26.5. The quantitative estimate of drug-likeness (QED) is 0.280. The minimum absolute atomic E-state index is 0.198. The molecule has 0 radical (unpaired) electrons. The number of ether oxygens (including phenoxy) is 2. The Morgan fingerprint density at radius 1 is 1.06 bits per heavy atom. The first-order valence-electron chi connectivity index (χ1n) is 10.4. The van der Waals surface area contributed by atoms with E-state index < -0.39 is 27.9 Å². The number of methoxy groups -OCH3 is 1. The predicted octanol–water partition coefficient (Wildman–Crippen LogP) is 5.29. The van der Waals surface area contributed by atoms with Crippen molar-refractivity contribution in [1.29, 1.82) is 0 Å². The van der Waals surface area contributed by atoms with Crippen LogP contribution in [-0.4, -0.2) is 44.9 Å². The van der Waals surface area contributed by atoms with E-state index in [4.69, 9.17) is 4.74 Å². The number of carbonyl (C=O) groups is 1. The molecule has 0 saturated heterocycles. The van der Waals surface area contributed by atoms with Gasteiger partial charge in [-0.1, -0.05) is 6.07 Å². The normalized spacial score (nSPS) is 11.7. The van der Waals surface area contributed by atoms with Crippen LogP contribution >= 0.6 is 11.8 Å². The number of benzene rings is 3. The summed E-state index contributed by atoms with van der Waals surface area (Å²) in [6.07, 6.45) is -3.23. The summed E-state index contributed by atoms with van der Waals surface area (Å²) in [5.41, 5.74) is 1.30. The van der Waals surface area contributed by atoms with E-state index in [0.29, 0.717) is 17.9 Å². The van der Waals surface area contributed by atoms with E-state index in [1.165, 1.54) is 61.3 Å². The fraction of sp³-hybridized carbons (Fsp3) is 0.208. The zero-order valence-electron chi connectivity index (χ0n) is 19.1. The van der Waals surface area contributed by atoms with Gasteiger partial charge in [0.1, 0.15) is 22.1 Å². The summed E-state index contributed by atoms with van der Waals surface area (Å²) < 4.78 is 69.6. The molecule has 0 atom stereocenters. The number of rotatable bonds is 9. The van der Waals surface area contributed by atoms with Crippen molar-refractivity contribution in [3.8, 4) is 17.2 Å². The number of nitrogens with one attached hydrogen (secondary N) is 1. The van der Waals surface area contributed by atoms with Crippen molar-refractivity contribution in [3.63, 3.8) is 0 Å². The highest BCUT2D eigenvalue weighted by Gasteiger charge is 2.30. The number of alkyl halides is 3. The second kappa shape index (κ2) is 11.1. The Bertz CT molecular complexity index is 1340. The van der Waals surface area contributed by atoms with Crippen molar-refractivity contribution in [3.05, 3.63) is 71.8 Å². The monoisotopic (exact) mass is 541 g/mol. The average Bonchev–Trinajstić information content (AvgIpc) is 2.80. The lowest BCUT2D eigenvalue weighted by atomic mass is 10.1. The highest BCUT2D eigenvalue weighted by atomic mass is 32.2. The van der Waals surface area contributed by atoms with E-state index in [1.54, 1.807) is 18.2 Å². The van der Waals surface area contributed by atoms with Gasteiger partial charge in [0.25, 0.3) is 5.91 Å². The maximum atomic E-state index is 12.7. The minimum Gasteiger partial charge on any atom is -0.507 e. The topological polar surface area (TPSA) is 102 Å². The fourth-order valence-corrected chi connectivity index (χ4v) is 4.88. The summed E-state index contributed by atoms with van der Waals surface area (Å²) in [5, 5.41) is 12.4. The molecule has 0 unspecified atom stereocenters. The van der Waals surface area contributed by atoms with Gasteiger partial charge >= 0.3 is 6.36 Å². The van der Waals surface area contributed by atoms with Crippen LogP contribution in [0.25, 0.3) is 0 Å². The highest BCUT2D eigenvalue weighted by molar-refractivity contribution is 7.99. The molecular formula is C24H22F3NO6S2. The second-order valence-electron chi connectivity index (χ2n) is 7.55. The Hall–Kier alpha value is -3.38. The molecule has 0 aliphatic carbocycles. The maximum Gasteiger partial charge on any atom is 0.573 e. The van der Waals surface area contributed by atoms with Gasteiger partial charge in [0.2, 0.25) is 0 Å². The first kappa shape index (κ1) is 27.2. The maximum absolute atomic E-state index is 12.7. The van der Waals surface area contributed by atoms with Crippen LogP contribution in [0.15, 0.2) is 70.5 Å². The number of aryl methyl sites for hydroxylation is 1. The first-order valence-corrected chi connectivity index (χ1v) is 13.2. The molecule has 192 valence electrons. The van der Waals surface area contributed by atoms with Gasteiger partial charge in [0.15, 0.2) is 9.84 Å². The van der Waals surface area contributed by atoms with Crippen LogP contribution in [0, 0.1) is 0 Å². The van der Waals surface area contributed by atoms with Crippen molar-refractivity contribution >= 4 is 33.2 Å². The molecule has 7 nitrogen and oxygen atoms in total. The Morgan fingerprint density at radius 2 is 1.75 bits per heavy atom. The molecule has 0 aliphatic rings. The molecule has 0 aromatic heterocycles. The number of sulfone groups is 1. The molecule has 12 heteroatoms. The molecule has 0 spiro atoms. The predicted molar refractivity (Wildman–Crippen MR) is 130 cm³/mol. The van der Waals surface area contributed by atoms with E-state index in [1.807, 2.05) is 0 Å². The SMILES string of the molecule is COc1cc(C(=O)Nc2ccc(O)c(S(C)(=O)=O)c2)ccc1CCSc1ccc(OC(F)(F)F)cc1. The summed E-state index contributed by atoms with van der Waals surface area (Å²) in [7, 11) is -2.22. The number of halogens is 3. The van der Waals surface area contributed by atoms with E-state index in [-0.39, 0.29) is 21.9 Å². The van der Waals surface area contributed by atoms with E-state index in [0.717, 1.165) is 16.7 Å². The molecule has 0 bridgehead atoms. The number of aromatic hydroxyl groups is 1. The number of phenols is 1. The van der Waals surface area contributed by atoms with Crippen LogP contribution in [0.2, 0.25) is 0 Å². The largest absolute Gasteiger partial charge is 0.573 e. The third kappa shape index (κ3) is 7.56. The van der Waals surface area contributed by atoms with Gasteiger partial charge in [0.05, 0.1) is 7.11 Å². The molecule has 0 aliphatic heterocycles. The molecule has 3 aromatic carbocycles. The number of hydrogen-bond donors (Lipinski definition) is 2. The van der Waals surface area contributed by atoms with Crippen molar-refractivity contribution in [1.82, 2.24) is 0 Å². The van der Waals surface area contributed by atoms with Gasteiger partial charge in [-0.2, -0.15) is 0 Å². The van der Waals surface area contributed by atoms with E-state index in [9.17, 15) is 31.5 Å². The average molecular weight is 542 g/mol. The first-order chi connectivity index (χ1) is 16.9. The summed E-state index contributed by atoms with van der Waals surface area (Å²) in [6.45, 7) is 0. The number of anilines is 1. The molecular weight excluding hydrogens is 519 g/mol. The molecule has 3 aromatic rings. The molecule has 2 N–H and O–H groups in total. The molecule has 3 rings (SSSR count). The number of phenolic OH excluding ortho intramolecular Hbond substituents is 1. The van der Waals surface area contributed by atoms with Gasteiger partial charge < -0.3 is 19.9 Å². The lowest BCUT2D eigenvalue weighted by Crippen LogP contribution is -2.16. The number of carbonyl (C=O) groups excluding carboxylic acids is 1. The Kier molecular flexibility index (Phi) is 8.41. The smallest absolute Gasteiger partial charge is 0.507 e. The van der Waals surface area contributed by atoms with Crippen LogP contribution < -0.4 is 14.8 Å². The lowest BCUT2D eigenvalue weighted by Gasteiger charge is -2.12. The van der Waals surface area contributed by atoms with Gasteiger partial charge in [-0.25, -0.2) is 8.42 Å². The molecule has 0 heterocycles. The van der Waals surface area contributed by atoms with Crippen molar-refractivity contribution in [2.75, 3.05) is 24.4 Å². The molecule has 36 heavy (non-hydrogen) atoms. The van der Waals surface area contributed by atoms with Gasteiger partial charge in [-0.05, 0) is 66.6 Å². The van der Waals surface area contributed by atoms with E-state index in [2.05, 4.69) is 10.1 Å². The van der Waals surface area contributed by atoms with E-state index >= 15 is 0 Å². The Labute approximate surface area is 210 Å². The molecule has 0 fully saturated rings. The fourth-order valence-electron chi connectivity index (χ4n) is 3.20. The van der Waals surface area contributed by atoms with Gasteiger partial charge in [-0.15, -0.1) is 24.9 Å². The van der Waals surface area contributed by atoms with Crippen molar-refractivity contribution < 1.29 is 41.0 Å². The van der Waals surface area contributed by atoms with Crippen molar-refractivity contribution in [2.24, 2.45) is 0 Å². The Balaban J connectivity index is 1.63. The molecule has 1 amide bonds. The van der Waals surface area contributed by atoms with Crippen LogP contribution in [0.1, 0.15) is 15.9 Å². The third-order valence-electron chi connectivity index (χ3n) is 4.86.